The van der Waals surface area contributed by atoms with E-state index in [0.717, 1.165) is 40.0 Å². The first-order chi connectivity index (χ1) is 13.5. The van der Waals surface area contributed by atoms with Gasteiger partial charge in [-0.1, -0.05) is 48.5 Å². The molecule has 3 aromatic carbocycles. The van der Waals surface area contributed by atoms with Gasteiger partial charge in [-0.05, 0) is 46.0 Å². The predicted octanol–water partition coefficient (Wildman–Crippen LogP) is 4.47. The second-order valence-corrected chi connectivity index (χ2v) is 7.78. The Balaban J connectivity index is 1.69. The maximum absolute atomic E-state index is 12.4. The molecule has 1 aliphatic rings. The zero-order valence-electron chi connectivity index (χ0n) is 14.5. The molecule has 0 amide bonds. The molecule has 0 aromatic heterocycles. The Labute approximate surface area is 161 Å². The van der Waals surface area contributed by atoms with E-state index in [-0.39, 0.29) is 10.6 Å². The van der Waals surface area contributed by atoms with Crippen molar-refractivity contribution in [2.75, 3.05) is 0 Å². The molecule has 0 saturated carbocycles. The van der Waals surface area contributed by atoms with E-state index in [1.807, 2.05) is 48.5 Å². The lowest BCUT2D eigenvalue weighted by Crippen LogP contribution is -1.97. The third kappa shape index (κ3) is 3.12. The van der Waals surface area contributed by atoms with Crippen LogP contribution in [0, 0.1) is 10.1 Å². The third-order valence-corrected chi connectivity index (χ3v) is 5.78. The van der Waals surface area contributed by atoms with Crippen LogP contribution in [-0.4, -0.2) is 19.6 Å². The van der Waals surface area contributed by atoms with Crippen molar-refractivity contribution in [3.05, 3.63) is 100 Å². The summed E-state index contributed by atoms with van der Waals surface area (Å²) in [5.41, 5.74) is 4.94. The van der Waals surface area contributed by atoms with Crippen LogP contribution in [0.15, 0.2) is 88.2 Å². The molecule has 0 N–H and O–H groups in total. The number of hydrogen-bond donors (Lipinski definition) is 0. The van der Waals surface area contributed by atoms with Gasteiger partial charge in [-0.2, -0.15) is 12.8 Å². The van der Waals surface area contributed by atoms with E-state index in [0.29, 0.717) is 0 Å². The number of hydrogen-bond acceptors (Lipinski definition) is 4. The van der Waals surface area contributed by atoms with Gasteiger partial charge < -0.3 is 0 Å². The lowest BCUT2D eigenvalue weighted by atomic mass is 10.0. The van der Waals surface area contributed by atoms with Gasteiger partial charge in [0.25, 0.3) is 15.7 Å². The van der Waals surface area contributed by atoms with Crippen LogP contribution in [-0.2, 0) is 10.0 Å². The van der Waals surface area contributed by atoms with Gasteiger partial charge in [0.2, 0.25) is 0 Å². The molecule has 3 aromatic rings. The van der Waals surface area contributed by atoms with Gasteiger partial charge >= 0.3 is 0 Å². The molecule has 0 heterocycles. The molecule has 0 spiro atoms. The van der Waals surface area contributed by atoms with Crippen LogP contribution in [0.5, 0.6) is 0 Å². The Morgan fingerprint density at radius 2 is 1.29 bits per heavy atom. The number of nitrogens with zero attached hydrogens (tertiary/aromatic N) is 2. The van der Waals surface area contributed by atoms with Crippen molar-refractivity contribution in [2.24, 2.45) is 4.40 Å². The number of allylic oxidation sites excluding steroid dienone is 1. The van der Waals surface area contributed by atoms with E-state index in [9.17, 15) is 18.5 Å². The predicted molar refractivity (Wildman–Crippen MR) is 108 cm³/mol. The Morgan fingerprint density at radius 3 is 1.79 bits per heavy atom. The molecule has 0 bridgehead atoms. The topological polar surface area (TPSA) is 89.6 Å². The number of fused-ring (bicyclic) bond motifs is 3. The molecule has 1 aliphatic carbocycles. The number of benzene rings is 3. The van der Waals surface area contributed by atoms with E-state index in [2.05, 4.69) is 4.40 Å². The van der Waals surface area contributed by atoms with Crippen molar-refractivity contribution in [3.8, 4) is 11.1 Å². The first-order valence-corrected chi connectivity index (χ1v) is 9.86. The molecule has 0 unspecified atom stereocenters. The fourth-order valence-electron chi connectivity index (χ4n) is 3.22. The Bertz CT molecular complexity index is 1200. The molecular weight excluding hydrogens is 376 g/mol. The van der Waals surface area contributed by atoms with Gasteiger partial charge in [-0.15, -0.1) is 0 Å². The smallest absolute Gasteiger partial charge is 0.258 e. The maximum atomic E-state index is 12.4. The van der Waals surface area contributed by atoms with E-state index in [1.54, 1.807) is 6.08 Å². The summed E-state index contributed by atoms with van der Waals surface area (Å²) >= 11 is 0. The minimum Gasteiger partial charge on any atom is -0.258 e. The number of rotatable bonds is 4. The molecule has 4 rings (SSSR count). The van der Waals surface area contributed by atoms with Crippen molar-refractivity contribution in [3.63, 3.8) is 0 Å². The van der Waals surface area contributed by atoms with Crippen LogP contribution < -0.4 is 0 Å². The van der Waals surface area contributed by atoms with Crippen LogP contribution >= 0.6 is 0 Å². The lowest BCUT2D eigenvalue weighted by Gasteiger charge is -2.01. The number of nitro benzene ring substituents is 1. The van der Waals surface area contributed by atoms with Crippen molar-refractivity contribution in [1.29, 1.82) is 0 Å². The SMILES string of the molecule is O=[N+]([O-])c1ccc(S(=O)(=O)/N=C/C=C2c3ccccc3-c3ccccc32)cc1. The Hall–Kier alpha value is -3.58. The van der Waals surface area contributed by atoms with Gasteiger partial charge in [0, 0.05) is 18.3 Å². The van der Waals surface area contributed by atoms with E-state index < -0.39 is 14.9 Å². The molecule has 7 heteroatoms. The second kappa shape index (κ2) is 6.86. The zero-order chi connectivity index (χ0) is 19.7. The van der Waals surface area contributed by atoms with Gasteiger partial charge in [0.1, 0.15) is 0 Å². The summed E-state index contributed by atoms with van der Waals surface area (Å²) in [7, 11) is -3.95. The summed E-state index contributed by atoms with van der Waals surface area (Å²) in [5.74, 6) is 0. The molecule has 6 nitrogen and oxygen atoms in total. The molecule has 28 heavy (non-hydrogen) atoms. The number of nitro groups is 1. The minimum atomic E-state index is -3.95. The van der Waals surface area contributed by atoms with Crippen molar-refractivity contribution in [1.82, 2.24) is 0 Å². The average molecular weight is 390 g/mol. The second-order valence-electron chi connectivity index (χ2n) is 6.15. The summed E-state index contributed by atoms with van der Waals surface area (Å²) in [6.45, 7) is 0. The minimum absolute atomic E-state index is 0.0972. The lowest BCUT2D eigenvalue weighted by molar-refractivity contribution is -0.384. The summed E-state index contributed by atoms with van der Waals surface area (Å²) < 4.78 is 28.5. The molecule has 138 valence electrons. The number of non-ortho nitro benzene ring substituents is 1. The standard InChI is InChI=1S/C21H14N2O4S/c24-23(25)15-9-11-16(12-10-15)28(26,27)22-14-13-21-19-7-3-1-5-17(19)18-6-2-4-8-20(18)21/h1-14H/b22-14+. The summed E-state index contributed by atoms with van der Waals surface area (Å²) in [4.78, 5) is 10.0. The van der Waals surface area contributed by atoms with E-state index >= 15 is 0 Å². The highest BCUT2D eigenvalue weighted by Gasteiger charge is 2.22. The molecule has 0 aliphatic heterocycles. The van der Waals surface area contributed by atoms with Gasteiger partial charge in [-0.25, -0.2) is 0 Å². The van der Waals surface area contributed by atoms with E-state index in [1.165, 1.54) is 18.3 Å². The highest BCUT2D eigenvalue weighted by molar-refractivity contribution is 7.90. The molecule has 0 fully saturated rings. The summed E-state index contributed by atoms with van der Waals surface area (Å²) in [6, 6.07) is 20.5. The first-order valence-electron chi connectivity index (χ1n) is 8.42. The van der Waals surface area contributed by atoms with Gasteiger partial charge in [-0.3, -0.25) is 10.1 Å². The summed E-state index contributed by atoms with van der Waals surface area (Å²) in [5, 5.41) is 10.7. The van der Waals surface area contributed by atoms with Crippen LogP contribution in [0.1, 0.15) is 11.1 Å². The highest BCUT2D eigenvalue weighted by atomic mass is 32.2. The van der Waals surface area contributed by atoms with Crippen LogP contribution in [0.4, 0.5) is 5.69 Å². The highest BCUT2D eigenvalue weighted by Crippen LogP contribution is 2.43. The Morgan fingerprint density at radius 1 is 0.786 bits per heavy atom. The molecule has 0 atom stereocenters. The molecular formula is C21H14N2O4S. The number of sulfonamides is 1. The van der Waals surface area contributed by atoms with Gasteiger partial charge in [0.15, 0.2) is 0 Å². The normalized spacial score (nSPS) is 12.6. The zero-order valence-corrected chi connectivity index (χ0v) is 15.3. The monoisotopic (exact) mass is 390 g/mol. The van der Waals surface area contributed by atoms with Crippen LogP contribution in [0.25, 0.3) is 16.7 Å². The van der Waals surface area contributed by atoms with Crippen molar-refractivity contribution < 1.29 is 13.3 Å². The first kappa shape index (κ1) is 17.8. The van der Waals surface area contributed by atoms with Crippen molar-refractivity contribution in [2.45, 2.75) is 4.90 Å². The summed E-state index contributed by atoms with van der Waals surface area (Å²) in [6.07, 6.45) is 2.93. The molecule has 0 radical (unpaired) electrons. The average Bonchev–Trinajstić information content (AvgIpc) is 3.02. The van der Waals surface area contributed by atoms with E-state index in [4.69, 9.17) is 0 Å². The largest absolute Gasteiger partial charge is 0.282 e. The van der Waals surface area contributed by atoms with Crippen LogP contribution in [0.3, 0.4) is 0 Å². The maximum Gasteiger partial charge on any atom is 0.282 e. The van der Waals surface area contributed by atoms with Crippen LogP contribution in [0.2, 0.25) is 0 Å². The molecule has 0 saturated heterocycles. The third-order valence-electron chi connectivity index (χ3n) is 4.51. The van der Waals surface area contributed by atoms with Crippen molar-refractivity contribution >= 4 is 27.5 Å². The quantitative estimate of drug-likeness (QED) is 0.292. The Kier molecular flexibility index (Phi) is 4.37. The fraction of sp³-hybridized carbons (Fsp3) is 0. The fourth-order valence-corrected chi connectivity index (χ4v) is 4.04. The van der Waals surface area contributed by atoms with Gasteiger partial charge in [0.05, 0.1) is 9.82 Å².